The maximum atomic E-state index is 12.6. The Hall–Kier alpha value is -1.81. The molecule has 0 rings (SSSR count). The maximum absolute atomic E-state index is 12.6. The van der Waals surface area contributed by atoms with Crippen LogP contribution in [0.4, 0.5) is 0 Å². The van der Waals surface area contributed by atoms with E-state index in [2.05, 4.69) is 54.8 Å². The summed E-state index contributed by atoms with van der Waals surface area (Å²) in [7, 11) is -4.62. The number of aliphatic hydroxyl groups is 2. The zero-order valence-corrected chi connectivity index (χ0v) is 33.0. The SMILES string of the molecule is CCCCCC=CCC=CCC=CCCCCC(=O)OCC(COP(=O)(O)OCC(O)CO)OC(=O)CCCCCCCCCCCCCCC. The second-order valence-electron chi connectivity index (χ2n) is 13.3. The Labute approximate surface area is 310 Å². The van der Waals surface area contributed by atoms with Crippen molar-refractivity contribution >= 4 is 19.8 Å². The van der Waals surface area contributed by atoms with Gasteiger partial charge in [-0.2, -0.15) is 0 Å². The van der Waals surface area contributed by atoms with Crippen LogP contribution in [-0.2, 0) is 32.7 Å². The summed E-state index contributed by atoms with van der Waals surface area (Å²) in [4.78, 5) is 34.8. The molecule has 0 saturated carbocycles. The number of ether oxygens (including phenoxy) is 2. The Morgan fingerprint density at radius 2 is 1.02 bits per heavy atom. The molecular formula is C40H73O10P. The molecule has 0 bridgehead atoms. The lowest BCUT2D eigenvalue weighted by Crippen LogP contribution is -2.29. The highest BCUT2D eigenvalue weighted by Gasteiger charge is 2.27. The molecular weight excluding hydrogens is 671 g/mol. The van der Waals surface area contributed by atoms with Gasteiger partial charge in [-0.05, 0) is 51.4 Å². The summed E-state index contributed by atoms with van der Waals surface area (Å²) < 4.78 is 32.6. The monoisotopic (exact) mass is 744 g/mol. The lowest BCUT2D eigenvalue weighted by Gasteiger charge is -2.20. The fraction of sp³-hybridized carbons (Fsp3) is 0.800. The fourth-order valence-electron chi connectivity index (χ4n) is 5.18. The molecule has 0 aliphatic carbocycles. The normalized spacial score (nSPS) is 14.4. The fourth-order valence-corrected chi connectivity index (χ4v) is 5.96. The van der Waals surface area contributed by atoms with Crippen molar-refractivity contribution in [1.29, 1.82) is 0 Å². The minimum absolute atomic E-state index is 0.178. The predicted octanol–water partition coefficient (Wildman–Crippen LogP) is 10.00. The number of rotatable bonds is 37. The number of aliphatic hydroxyl groups excluding tert-OH is 2. The van der Waals surface area contributed by atoms with Crippen LogP contribution in [0, 0.1) is 0 Å². The molecule has 11 heteroatoms. The van der Waals surface area contributed by atoms with Gasteiger partial charge in [0.15, 0.2) is 6.10 Å². The van der Waals surface area contributed by atoms with Gasteiger partial charge in [-0.25, -0.2) is 4.57 Å². The van der Waals surface area contributed by atoms with E-state index in [0.717, 1.165) is 51.4 Å². The number of carbonyl (C=O) groups is 2. The van der Waals surface area contributed by atoms with Crippen LogP contribution in [0.5, 0.6) is 0 Å². The molecule has 0 aromatic rings. The zero-order chi connectivity index (χ0) is 37.7. The van der Waals surface area contributed by atoms with E-state index in [0.29, 0.717) is 12.8 Å². The van der Waals surface area contributed by atoms with Crippen molar-refractivity contribution in [2.24, 2.45) is 0 Å². The number of allylic oxidation sites excluding steroid dienone is 6. The highest BCUT2D eigenvalue weighted by Crippen LogP contribution is 2.43. The third kappa shape index (κ3) is 36.3. The smallest absolute Gasteiger partial charge is 0.462 e. The molecule has 0 saturated heterocycles. The molecule has 0 radical (unpaired) electrons. The average Bonchev–Trinajstić information content (AvgIpc) is 3.12. The van der Waals surface area contributed by atoms with E-state index in [-0.39, 0.29) is 19.4 Å². The number of phosphoric acid groups is 1. The van der Waals surface area contributed by atoms with Gasteiger partial charge in [0.1, 0.15) is 12.7 Å². The van der Waals surface area contributed by atoms with Crippen molar-refractivity contribution in [2.75, 3.05) is 26.4 Å². The topological polar surface area (TPSA) is 149 Å². The van der Waals surface area contributed by atoms with E-state index < -0.39 is 51.8 Å². The summed E-state index contributed by atoms with van der Waals surface area (Å²) in [6, 6.07) is 0. The summed E-state index contributed by atoms with van der Waals surface area (Å²) in [6.07, 6.45) is 35.4. The zero-order valence-electron chi connectivity index (χ0n) is 32.1. The highest BCUT2D eigenvalue weighted by atomic mass is 31.2. The summed E-state index contributed by atoms with van der Waals surface area (Å²) in [6.45, 7) is 2.30. The van der Waals surface area contributed by atoms with Gasteiger partial charge in [0.25, 0.3) is 0 Å². The second kappa shape index (κ2) is 36.5. The molecule has 51 heavy (non-hydrogen) atoms. The molecule has 0 aliphatic heterocycles. The molecule has 3 atom stereocenters. The molecule has 0 aromatic carbocycles. The Morgan fingerprint density at radius 1 is 0.588 bits per heavy atom. The number of hydrogen-bond acceptors (Lipinski definition) is 9. The minimum atomic E-state index is -4.62. The van der Waals surface area contributed by atoms with E-state index in [1.165, 1.54) is 77.0 Å². The van der Waals surface area contributed by atoms with E-state index >= 15 is 0 Å². The molecule has 0 aromatic heterocycles. The molecule has 0 spiro atoms. The van der Waals surface area contributed by atoms with Crippen LogP contribution in [0.1, 0.15) is 168 Å². The van der Waals surface area contributed by atoms with Crippen molar-refractivity contribution in [3.05, 3.63) is 36.5 Å². The number of unbranched alkanes of at least 4 members (excludes halogenated alkanes) is 17. The summed E-state index contributed by atoms with van der Waals surface area (Å²) in [5.74, 6) is -0.968. The largest absolute Gasteiger partial charge is 0.472 e. The summed E-state index contributed by atoms with van der Waals surface area (Å²) in [5, 5.41) is 18.3. The van der Waals surface area contributed by atoms with Crippen molar-refractivity contribution in [1.82, 2.24) is 0 Å². The van der Waals surface area contributed by atoms with E-state index in [1.807, 2.05) is 0 Å². The van der Waals surface area contributed by atoms with Crippen molar-refractivity contribution in [2.45, 2.75) is 180 Å². The first-order valence-electron chi connectivity index (χ1n) is 19.9. The maximum Gasteiger partial charge on any atom is 0.472 e. The third-order valence-electron chi connectivity index (χ3n) is 8.30. The first-order chi connectivity index (χ1) is 24.7. The molecule has 0 aliphatic rings. The van der Waals surface area contributed by atoms with Crippen LogP contribution in [0.25, 0.3) is 0 Å². The number of carbonyl (C=O) groups excluding carboxylic acids is 2. The van der Waals surface area contributed by atoms with Gasteiger partial charge in [0, 0.05) is 12.8 Å². The molecule has 3 N–H and O–H groups in total. The lowest BCUT2D eigenvalue weighted by atomic mass is 10.0. The Morgan fingerprint density at radius 3 is 1.57 bits per heavy atom. The molecule has 3 unspecified atom stereocenters. The van der Waals surface area contributed by atoms with Crippen LogP contribution in [-0.4, -0.2) is 65.7 Å². The van der Waals surface area contributed by atoms with Gasteiger partial charge in [0.2, 0.25) is 0 Å². The predicted molar refractivity (Wildman–Crippen MR) is 205 cm³/mol. The third-order valence-corrected chi connectivity index (χ3v) is 9.25. The summed E-state index contributed by atoms with van der Waals surface area (Å²) >= 11 is 0. The number of phosphoric ester groups is 1. The van der Waals surface area contributed by atoms with Crippen molar-refractivity contribution in [3.63, 3.8) is 0 Å². The van der Waals surface area contributed by atoms with Crippen molar-refractivity contribution in [3.8, 4) is 0 Å². The molecule has 0 amide bonds. The number of hydrogen-bond donors (Lipinski definition) is 3. The second-order valence-corrected chi connectivity index (χ2v) is 14.8. The number of esters is 2. The van der Waals surface area contributed by atoms with Gasteiger partial charge in [-0.15, -0.1) is 0 Å². The Balaban J connectivity index is 4.41. The van der Waals surface area contributed by atoms with E-state index in [4.69, 9.17) is 19.1 Å². The van der Waals surface area contributed by atoms with Crippen LogP contribution >= 0.6 is 7.82 Å². The lowest BCUT2D eigenvalue weighted by molar-refractivity contribution is -0.161. The van der Waals surface area contributed by atoms with Crippen molar-refractivity contribution < 1.29 is 47.8 Å². The van der Waals surface area contributed by atoms with Gasteiger partial charge in [-0.1, -0.05) is 140 Å². The highest BCUT2D eigenvalue weighted by molar-refractivity contribution is 7.47. The molecule has 0 fully saturated rings. The molecule has 298 valence electrons. The van der Waals surface area contributed by atoms with Gasteiger partial charge >= 0.3 is 19.8 Å². The van der Waals surface area contributed by atoms with Gasteiger partial charge in [0.05, 0.1) is 19.8 Å². The first-order valence-corrected chi connectivity index (χ1v) is 21.4. The van der Waals surface area contributed by atoms with Gasteiger partial charge < -0.3 is 24.6 Å². The minimum Gasteiger partial charge on any atom is -0.462 e. The van der Waals surface area contributed by atoms with Crippen LogP contribution in [0.15, 0.2) is 36.5 Å². The quantitative estimate of drug-likeness (QED) is 0.0243. The Bertz CT molecular complexity index is 952. The van der Waals surface area contributed by atoms with Crippen LogP contribution < -0.4 is 0 Å². The first kappa shape index (κ1) is 49.2. The molecule has 0 heterocycles. The van der Waals surface area contributed by atoms with E-state index in [9.17, 15) is 24.2 Å². The van der Waals surface area contributed by atoms with Crippen LogP contribution in [0.3, 0.4) is 0 Å². The standard InChI is InChI=1S/C40H73O10P/c1-3-5-7-9-11-13-15-17-18-20-21-23-25-27-29-31-39(43)47-35-38(36-49-51(45,46)48-34-37(42)33-41)50-40(44)32-30-28-26-24-22-19-16-14-12-10-8-6-4-2/h11,13,17-18,21,23,37-38,41-42H,3-10,12,14-16,19-20,22,24-36H2,1-2H3,(H,45,46). The van der Waals surface area contributed by atoms with Crippen LogP contribution in [0.2, 0.25) is 0 Å². The average molecular weight is 745 g/mol. The summed E-state index contributed by atoms with van der Waals surface area (Å²) in [5.41, 5.74) is 0. The Kier molecular flexibility index (Phi) is 35.2. The molecule has 10 nitrogen and oxygen atoms in total. The van der Waals surface area contributed by atoms with Gasteiger partial charge in [-0.3, -0.25) is 18.6 Å². The van der Waals surface area contributed by atoms with E-state index in [1.54, 1.807) is 0 Å².